The van der Waals surface area contributed by atoms with Crippen LogP contribution < -0.4 is 9.47 Å². The van der Waals surface area contributed by atoms with Crippen molar-refractivity contribution in [2.75, 3.05) is 53.5 Å². The predicted molar refractivity (Wildman–Crippen MR) is 101 cm³/mol. The van der Waals surface area contributed by atoms with Crippen LogP contribution in [0.15, 0.2) is 23.2 Å². The van der Waals surface area contributed by atoms with Crippen LogP contribution in [0.4, 0.5) is 5.69 Å². The molecule has 0 bridgehead atoms. The summed E-state index contributed by atoms with van der Waals surface area (Å²) in [6.45, 7) is 9.20. The maximum atomic E-state index is 10.5. The van der Waals surface area contributed by atoms with Crippen LogP contribution in [0.1, 0.15) is 26.7 Å². The van der Waals surface area contributed by atoms with E-state index in [2.05, 4.69) is 42.7 Å². The van der Waals surface area contributed by atoms with Crippen molar-refractivity contribution in [1.29, 1.82) is 0 Å². The molecule has 1 aromatic carbocycles. The Morgan fingerprint density at radius 2 is 1.48 bits per heavy atom. The topological polar surface area (TPSA) is 54.4 Å². The van der Waals surface area contributed by atoms with Gasteiger partial charge >= 0.3 is 0 Å². The zero-order chi connectivity index (χ0) is 18.5. The third kappa shape index (κ3) is 8.68. The minimum Gasteiger partial charge on any atom is -0.488 e. The fraction of sp³-hybridized carbons (Fsp3) is 0.632. The second kappa shape index (κ2) is 12.5. The molecule has 0 aliphatic carbocycles. The number of isocyanates is 1. The fourth-order valence-electron chi connectivity index (χ4n) is 2.46. The molecule has 0 unspecified atom stereocenters. The molecular formula is C19H31N3O3. The van der Waals surface area contributed by atoms with Crippen LogP contribution in [-0.4, -0.2) is 69.4 Å². The highest BCUT2D eigenvalue weighted by molar-refractivity contribution is 5.55. The second-order valence-corrected chi connectivity index (χ2v) is 6.14. The van der Waals surface area contributed by atoms with Crippen LogP contribution in [0, 0.1) is 0 Å². The van der Waals surface area contributed by atoms with E-state index in [-0.39, 0.29) is 0 Å². The quantitative estimate of drug-likeness (QED) is 0.405. The van der Waals surface area contributed by atoms with Crippen LogP contribution in [0.2, 0.25) is 0 Å². The van der Waals surface area contributed by atoms with Crippen molar-refractivity contribution in [3.8, 4) is 11.5 Å². The molecule has 0 aliphatic heterocycles. The van der Waals surface area contributed by atoms with E-state index < -0.39 is 0 Å². The van der Waals surface area contributed by atoms with Gasteiger partial charge in [0.05, 0.1) is 5.69 Å². The first-order chi connectivity index (χ1) is 12.1. The molecule has 0 heterocycles. The molecule has 0 radical (unpaired) electrons. The molecule has 0 spiro atoms. The molecule has 0 aromatic heterocycles. The lowest BCUT2D eigenvalue weighted by Gasteiger charge is -2.19. The van der Waals surface area contributed by atoms with Crippen molar-refractivity contribution in [2.45, 2.75) is 26.7 Å². The van der Waals surface area contributed by atoms with Gasteiger partial charge in [0.15, 0.2) is 11.5 Å². The van der Waals surface area contributed by atoms with Gasteiger partial charge < -0.3 is 19.3 Å². The Hall–Kier alpha value is -1.88. The number of benzene rings is 1. The van der Waals surface area contributed by atoms with E-state index in [1.165, 1.54) is 0 Å². The lowest BCUT2D eigenvalue weighted by molar-refractivity contribution is 0.210. The number of hydrogen-bond donors (Lipinski definition) is 0. The van der Waals surface area contributed by atoms with Crippen molar-refractivity contribution in [2.24, 2.45) is 4.99 Å². The monoisotopic (exact) mass is 349 g/mol. The van der Waals surface area contributed by atoms with Crippen LogP contribution in [0.25, 0.3) is 0 Å². The lowest BCUT2D eigenvalue weighted by Crippen LogP contribution is -2.25. The molecule has 140 valence electrons. The molecule has 0 amide bonds. The van der Waals surface area contributed by atoms with Crippen LogP contribution in [-0.2, 0) is 4.79 Å². The molecule has 0 saturated carbocycles. The average Bonchev–Trinajstić information content (AvgIpc) is 2.57. The van der Waals surface area contributed by atoms with Crippen LogP contribution in [0.3, 0.4) is 0 Å². The van der Waals surface area contributed by atoms with Gasteiger partial charge in [0.1, 0.15) is 13.2 Å². The summed E-state index contributed by atoms with van der Waals surface area (Å²) in [7, 11) is 4.15. The van der Waals surface area contributed by atoms with E-state index in [0.717, 1.165) is 39.0 Å². The number of carbonyl (C=O) groups excluding carboxylic acids is 1. The SMILES string of the molecule is CCCN(C)CCOc1ccc(N=C=O)cc1OCCN(C)CCC. The van der Waals surface area contributed by atoms with Gasteiger partial charge in [0.2, 0.25) is 6.08 Å². The summed E-state index contributed by atoms with van der Waals surface area (Å²) < 4.78 is 11.7. The number of aliphatic imine (C=N–C) groups is 1. The van der Waals surface area contributed by atoms with Crippen molar-refractivity contribution < 1.29 is 14.3 Å². The minimum atomic E-state index is 0.516. The Kier molecular flexibility index (Phi) is 10.6. The highest BCUT2D eigenvalue weighted by Gasteiger charge is 2.08. The Morgan fingerprint density at radius 3 is 2.00 bits per heavy atom. The molecular weight excluding hydrogens is 318 g/mol. The van der Waals surface area contributed by atoms with Crippen molar-refractivity contribution in [1.82, 2.24) is 9.80 Å². The Labute approximate surface area is 151 Å². The summed E-state index contributed by atoms with van der Waals surface area (Å²) in [5.74, 6) is 1.28. The third-order valence-corrected chi connectivity index (χ3v) is 3.77. The smallest absolute Gasteiger partial charge is 0.240 e. The largest absolute Gasteiger partial charge is 0.488 e. The maximum Gasteiger partial charge on any atom is 0.240 e. The van der Waals surface area contributed by atoms with E-state index in [0.29, 0.717) is 30.4 Å². The van der Waals surface area contributed by atoms with E-state index in [1.54, 1.807) is 24.3 Å². The molecule has 0 N–H and O–H groups in total. The molecule has 6 nitrogen and oxygen atoms in total. The van der Waals surface area contributed by atoms with Gasteiger partial charge in [-0.15, -0.1) is 0 Å². The molecule has 0 aliphatic rings. The van der Waals surface area contributed by atoms with E-state index in [9.17, 15) is 4.79 Å². The van der Waals surface area contributed by atoms with Crippen molar-refractivity contribution in [3.05, 3.63) is 18.2 Å². The third-order valence-electron chi connectivity index (χ3n) is 3.77. The Morgan fingerprint density at radius 1 is 0.920 bits per heavy atom. The molecule has 1 aromatic rings. The molecule has 1 rings (SSSR count). The standard InChI is InChI=1S/C19H31N3O3/c1-5-9-21(3)11-13-24-18-8-7-17(20-16-23)15-19(18)25-14-12-22(4)10-6-2/h7-8,15H,5-6,9-14H2,1-4H3. The predicted octanol–water partition coefficient (Wildman–Crippen LogP) is 3.10. The average molecular weight is 349 g/mol. The summed E-state index contributed by atoms with van der Waals surface area (Å²) in [6.07, 6.45) is 3.79. The molecule has 0 atom stereocenters. The lowest BCUT2D eigenvalue weighted by atomic mass is 10.3. The van der Waals surface area contributed by atoms with Gasteiger partial charge in [0, 0.05) is 19.2 Å². The number of ether oxygens (including phenoxy) is 2. The van der Waals surface area contributed by atoms with Gasteiger partial charge in [-0.2, -0.15) is 4.99 Å². The van der Waals surface area contributed by atoms with Gasteiger partial charge in [0.25, 0.3) is 0 Å². The van der Waals surface area contributed by atoms with E-state index >= 15 is 0 Å². The number of rotatable bonds is 13. The van der Waals surface area contributed by atoms with Crippen LogP contribution >= 0.6 is 0 Å². The van der Waals surface area contributed by atoms with Gasteiger partial charge in [-0.1, -0.05) is 13.8 Å². The van der Waals surface area contributed by atoms with Crippen molar-refractivity contribution >= 4 is 11.8 Å². The van der Waals surface area contributed by atoms with Crippen molar-refractivity contribution in [3.63, 3.8) is 0 Å². The Balaban J connectivity index is 2.66. The van der Waals surface area contributed by atoms with Gasteiger partial charge in [-0.3, -0.25) is 0 Å². The number of nitrogens with zero attached hydrogens (tertiary/aromatic N) is 3. The second-order valence-electron chi connectivity index (χ2n) is 6.14. The maximum absolute atomic E-state index is 10.5. The zero-order valence-electron chi connectivity index (χ0n) is 16.0. The first-order valence-electron chi connectivity index (χ1n) is 8.95. The molecule has 0 fully saturated rings. The molecule has 6 heteroatoms. The van der Waals surface area contributed by atoms with E-state index in [4.69, 9.17) is 9.47 Å². The molecule has 25 heavy (non-hydrogen) atoms. The van der Waals surface area contributed by atoms with Gasteiger partial charge in [-0.05, 0) is 52.2 Å². The first kappa shape index (κ1) is 21.2. The first-order valence-corrected chi connectivity index (χ1v) is 8.95. The Bertz CT molecular complexity index is 545. The number of likely N-dealkylation sites (N-methyl/N-ethyl adjacent to an activating group) is 2. The summed E-state index contributed by atoms with van der Waals surface area (Å²) in [5.41, 5.74) is 0.516. The highest BCUT2D eigenvalue weighted by Crippen LogP contribution is 2.31. The molecule has 0 saturated heterocycles. The number of hydrogen-bond acceptors (Lipinski definition) is 6. The minimum absolute atomic E-state index is 0.516. The summed E-state index contributed by atoms with van der Waals surface area (Å²) in [5, 5.41) is 0. The zero-order valence-corrected chi connectivity index (χ0v) is 16.0. The summed E-state index contributed by atoms with van der Waals surface area (Å²) >= 11 is 0. The fourth-order valence-corrected chi connectivity index (χ4v) is 2.46. The van der Waals surface area contributed by atoms with Gasteiger partial charge in [-0.25, -0.2) is 4.79 Å². The van der Waals surface area contributed by atoms with Crippen LogP contribution in [0.5, 0.6) is 11.5 Å². The summed E-state index contributed by atoms with van der Waals surface area (Å²) in [4.78, 5) is 18.6. The highest BCUT2D eigenvalue weighted by atomic mass is 16.5. The normalized spacial score (nSPS) is 10.8. The summed E-state index contributed by atoms with van der Waals surface area (Å²) in [6, 6.07) is 5.24. The van der Waals surface area contributed by atoms with E-state index in [1.807, 2.05) is 0 Å².